The minimum Gasteiger partial charge on any atom is -0.508 e. The molecular formula is C32H41ClN2O5. The molecule has 1 amide bonds. The quantitative estimate of drug-likeness (QED) is 0.412. The van der Waals surface area contributed by atoms with Gasteiger partial charge in [0.15, 0.2) is 0 Å². The number of hydrogen-bond donors (Lipinski definition) is 3. The Morgan fingerprint density at radius 2 is 2.00 bits per heavy atom. The number of phenols is 1. The van der Waals surface area contributed by atoms with E-state index in [0.717, 1.165) is 55.5 Å². The summed E-state index contributed by atoms with van der Waals surface area (Å²) in [6, 6.07) is 10.4. The van der Waals surface area contributed by atoms with E-state index in [0.29, 0.717) is 35.9 Å². The molecule has 1 spiro atoms. The number of benzene rings is 2. The third-order valence-corrected chi connectivity index (χ3v) is 10.5. The summed E-state index contributed by atoms with van der Waals surface area (Å²) in [5, 5.41) is 24.7. The van der Waals surface area contributed by atoms with Crippen LogP contribution in [0.1, 0.15) is 61.9 Å². The van der Waals surface area contributed by atoms with Gasteiger partial charge in [-0.05, 0) is 78.3 Å². The number of likely N-dealkylation sites (tertiary alicyclic amines) is 1. The Bertz CT molecular complexity index is 1260. The van der Waals surface area contributed by atoms with Crippen LogP contribution in [0.3, 0.4) is 0 Å². The number of halogens is 1. The highest BCUT2D eigenvalue weighted by molar-refractivity contribution is 6.30. The summed E-state index contributed by atoms with van der Waals surface area (Å²) < 4.78 is 12.2. The summed E-state index contributed by atoms with van der Waals surface area (Å²) in [6.07, 6.45) is 5.56. The van der Waals surface area contributed by atoms with Crippen molar-refractivity contribution in [3.63, 3.8) is 0 Å². The molecule has 8 heteroatoms. The Hall–Kier alpha value is -2.48. The van der Waals surface area contributed by atoms with E-state index in [1.807, 2.05) is 18.2 Å². The van der Waals surface area contributed by atoms with Crippen LogP contribution in [-0.4, -0.2) is 65.5 Å². The molecule has 3 aliphatic carbocycles. The highest BCUT2D eigenvalue weighted by Gasteiger charge is 2.54. The minimum absolute atomic E-state index is 0.0238. The number of carbonyl (C=O) groups is 1. The van der Waals surface area contributed by atoms with Crippen molar-refractivity contribution in [3.05, 3.63) is 52.5 Å². The highest BCUT2D eigenvalue weighted by atomic mass is 35.5. The second-order valence-electron chi connectivity index (χ2n) is 13.1. The van der Waals surface area contributed by atoms with Gasteiger partial charge in [0.2, 0.25) is 0 Å². The third-order valence-electron chi connectivity index (χ3n) is 10.3. The first-order valence-corrected chi connectivity index (χ1v) is 15.1. The van der Waals surface area contributed by atoms with Crippen LogP contribution in [0.25, 0.3) is 0 Å². The van der Waals surface area contributed by atoms with Gasteiger partial charge in [-0.15, -0.1) is 0 Å². The van der Waals surface area contributed by atoms with Gasteiger partial charge in [0.05, 0.1) is 5.56 Å². The number of hydrogen-bond acceptors (Lipinski definition) is 6. The lowest BCUT2D eigenvalue weighted by atomic mass is 9.45. The predicted octanol–water partition coefficient (Wildman–Crippen LogP) is 5.06. The van der Waals surface area contributed by atoms with Gasteiger partial charge in [0.25, 0.3) is 5.91 Å². The maximum Gasteiger partial charge on any atom is 0.255 e. The Morgan fingerprint density at radius 1 is 1.20 bits per heavy atom. The second kappa shape index (κ2) is 10.7. The number of amides is 1. The largest absolute Gasteiger partial charge is 0.508 e. The Kier molecular flexibility index (Phi) is 7.43. The average Bonchev–Trinajstić information content (AvgIpc) is 3.28. The molecule has 2 aromatic carbocycles. The van der Waals surface area contributed by atoms with Crippen molar-refractivity contribution in [1.29, 1.82) is 0 Å². The van der Waals surface area contributed by atoms with Crippen molar-refractivity contribution in [2.75, 3.05) is 32.8 Å². The van der Waals surface area contributed by atoms with E-state index >= 15 is 0 Å². The summed E-state index contributed by atoms with van der Waals surface area (Å²) in [7, 11) is 0. The molecule has 2 aromatic rings. The molecule has 2 aliphatic heterocycles. The number of aromatic hydroxyl groups is 1. The summed E-state index contributed by atoms with van der Waals surface area (Å²) in [5.74, 6) is 3.02. The summed E-state index contributed by atoms with van der Waals surface area (Å²) in [6.45, 7) is 7.51. The molecule has 3 N–H and O–H groups in total. The molecule has 0 radical (unpaired) electrons. The number of phenolic OH excluding ortho intramolecular Hbond substituents is 1. The monoisotopic (exact) mass is 568 g/mol. The smallest absolute Gasteiger partial charge is 0.255 e. The molecular weight excluding hydrogens is 528 g/mol. The van der Waals surface area contributed by atoms with Crippen LogP contribution in [0.4, 0.5) is 0 Å². The van der Waals surface area contributed by atoms with Crippen molar-refractivity contribution in [3.8, 4) is 17.2 Å². The van der Waals surface area contributed by atoms with E-state index in [2.05, 4.69) is 24.1 Å². The molecule has 5 aliphatic rings. The number of piperidine rings is 1. The number of rotatable bonds is 8. The van der Waals surface area contributed by atoms with Gasteiger partial charge in [-0.1, -0.05) is 25.4 Å². The molecule has 2 heterocycles. The van der Waals surface area contributed by atoms with Crippen LogP contribution in [-0.2, 0) is 6.42 Å². The molecule has 0 aromatic heterocycles. The normalized spacial score (nSPS) is 26.9. The highest BCUT2D eigenvalue weighted by Crippen LogP contribution is 2.61. The fourth-order valence-electron chi connectivity index (χ4n) is 7.70. The summed E-state index contributed by atoms with van der Waals surface area (Å²) >= 11 is 6.17. The van der Waals surface area contributed by atoms with Crippen molar-refractivity contribution < 1.29 is 24.5 Å². The predicted molar refractivity (Wildman–Crippen MR) is 154 cm³/mol. The zero-order valence-electron chi connectivity index (χ0n) is 23.5. The lowest BCUT2D eigenvalue weighted by molar-refractivity contribution is -0.103. The molecule has 1 saturated heterocycles. The zero-order chi connectivity index (χ0) is 28.1. The number of aliphatic hydroxyl groups excluding tert-OH is 1. The molecule has 7 nitrogen and oxygen atoms in total. The van der Waals surface area contributed by atoms with E-state index in [9.17, 15) is 15.0 Å². The van der Waals surface area contributed by atoms with Crippen molar-refractivity contribution in [2.45, 2.75) is 64.1 Å². The van der Waals surface area contributed by atoms with E-state index in [1.54, 1.807) is 6.07 Å². The van der Waals surface area contributed by atoms with Crippen LogP contribution in [0.15, 0.2) is 36.4 Å². The Balaban J connectivity index is 0.989. The first kappa shape index (κ1) is 27.7. The number of nitrogens with one attached hydrogen (secondary N) is 1. The number of aliphatic hydroxyl groups is 1. The minimum atomic E-state index is -0.733. The van der Waals surface area contributed by atoms with Crippen LogP contribution < -0.4 is 14.8 Å². The van der Waals surface area contributed by atoms with Gasteiger partial charge < -0.3 is 29.9 Å². The van der Waals surface area contributed by atoms with Crippen LogP contribution in [0, 0.1) is 23.2 Å². The van der Waals surface area contributed by atoms with E-state index in [4.69, 9.17) is 21.1 Å². The fourth-order valence-corrected chi connectivity index (χ4v) is 7.90. The molecule has 2 bridgehead atoms. The van der Waals surface area contributed by atoms with E-state index in [1.165, 1.54) is 30.5 Å². The van der Waals surface area contributed by atoms with Crippen LogP contribution in [0.2, 0.25) is 5.02 Å². The van der Waals surface area contributed by atoms with E-state index in [-0.39, 0.29) is 29.6 Å². The standard InChI is InChI=1S/C32H41ClN2O5/c1-31(2)22-4-3-20(27(31)14-22)17-34-30(38)26-7-6-24(36)15-29(26)39-19-25(37)18-35-11-9-32(10-12-35)16-21-13-23(33)5-8-28(21)40-32/h5-8,13,15,20,22,25,27,36-37H,3-4,9-12,14,16-19H2,1-2H3,(H,34,38)/t20-,22?,25+,27+/m0/s1. The van der Waals surface area contributed by atoms with Crippen LogP contribution in [0.5, 0.6) is 17.2 Å². The van der Waals surface area contributed by atoms with Gasteiger partial charge >= 0.3 is 0 Å². The first-order chi connectivity index (χ1) is 19.1. The van der Waals surface area contributed by atoms with Crippen molar-refractivity contribution in [2.24, 2.45) is 23.2 Å². The molecule has 4 atom stereocenters. The number of β-amino-alcohol motifs (C(OH)–C–C–N with tert-alkyl or cyclic N) is 1. The summed E-state index contributed by atoms with van der Waals surface area (Å²) in [4.78, 5) is 15.4. The van der Waals surface area contributed by atoms with Gasteiger partial charge in [-0.2, -0.15) is 0 Å². The SMILES string of the molecule is CC1(C)C2CC[C@@H](CNC(=O)c3ccc(O)cc3OC[C@H](O)CN3CCC4(CC3)Cc3cc(Cl)ccc3O4)[C@H]1C2. The molecule has 4 fully saturated rings. The fraction of sp³-hybridized carbons (Fsp3) is 0.594. The average molecular weight is 569 g/mol. The second-order valence-corrected chi connectivity index (χ2v) is 13.5. The van der Waals surface area contributed by atoms with Gasteiger partial charge in [0, 0.05) is 56.5 Å². The molecule has 1 unspecified atom stereocenters. The maximum absolute atomic E-state index is 13.1. The third kappa shape index (κ3) is 5.40. The Morgan fingerprint density at radius 3 is 2.75 bits per heavy atom. The van der Waals surface area contributed by atoms with Gasteiger partial charge in [0.1, 0.15) is 35.6 Å². The van der Waals surface area contributed by atoms with Crippen molar-refractivity contribution >= 4 is 17.5 Å². The number of ether oxygens (including phenoxy) is 2. The number of nitrogens with zero attached hydrogens (tertiary/aromatic N) is 1. The lowest BCUT2D eigenvalue weighted by Crippen LogP contribution is -2.54. The maximum atomic E-state index is 13.1. The molecule has 3 saturated carbocycles. The number of fused-ring (bicyclic) bond motifs is 3. The lowest BCUT2D eigenvalue weighted by Gasteiger charge is -2.60. The van der Waals surface area contributed by atoms with Gasteiger partial charge in [-0.25, -0.2) is 0 Å². The van der Waals surface area contributed by atoms with Gasteiger partial charge in [-0.3, -0.25) is 4.79 Å². The topological polar surface area (TPSA) is 91.3 Å². The summed E-state index contributed by atoms with van der Waals surface area (Å²) in [5.41, 5.74) is 1.72. The Labute approximate surface area is 241 Å². The first-order valence-electron chi connectivity index (χ1n) is 14.7. The van der Waals surface area contributed by atoms with Crippen molar-refractivity contribution in [1.82, 2.24) is 10.2 Å². The molecule has 7 rings (SSSR count). The van der Waals surface area contributed by atoms with Crippen LogP contribution >= 0.6 is 11.6 Å². The zero-order valence-corrected chi connectivity index (χ0v) is 24.3. The van der Waals surface area contributed by atoms with E-state index < -0.39 is 6.10 Å². The molecule has 40 heavy (non-hydrogen) atoms. The number of carbonyl (C=O) groups excluding carboxylic acids is 1. The molecule has 216 valence electrons.